The lowest BCUT2D eigenvalue weighted by atomic mass is 9.93. The van der Waals surface area contributed by atoms with Gasteiger partial charge in [-0.1, -0.05) is 62.6 Å². The van der Waals surface area contributed by atoms with Crippen molar-refractivity contribution in [1.82, 2.24) is 0 Å². The van der Waals surface area contributed by atoms with Crippen molar-refractivity contribution in [2.45, 2.75) is 20.3 Å². The van der Waals surface area contributed by atoms with Crippen molar-refractivity contribution in [1.29, 1.82) is 0 Å². The van der Waals surface area contributed by atoms with Gasteiger partial charge in [-0.2, -0.15) is 0 Å². The van der Waals surface area contributed by atoms with Gasteiger partial charge in [0.15, 0.2) is 0 Å². The third-order valence-electron chi connectivity index (χ3n) is 3.46. The molecule has 2 aromatic carbocycles. The fourth-order valence-electron chi connectivity index (χ4n) is 2.61. The lowest BCUT2D eigenvalue weighted by molar-refractivity contribution is 0.440. The molecular formula is C19H20O. The minimum Gasteiger partial charge on any atom is -0.508 e. The highest BCUT2D eigenvalue weighted by Crippen LogP contribution is 2.23. The quantitative estimate of drug-likeness (QED) is 0.658. The van der Waals surface area contributed by atoms with E-state index >= 15 is 0 Å². The van der Waals surface area contributed by atoms with Gasteiger partial charge in [-0.15, -0.1) is 0 Å². The van der Waals surface area contributed by atoms with E-state index in [1.807, 2.05) is 25.1 Å². The minimum atomic E-state index is 0.0917. The first-order chi connectivity index (χ1) is 9.60. The highest BCUT2D eigenvalue weighted by Gasteiger charge is 2.10. The van der Waals surface area contributed by atoms with Crippen molar-refractivity contribution in [2.24, 2.45) is 0 Å². The van der Waals surface area contributed by atoms with Crippen LogP contribution in [0.3, 0.4) is 0 Å². The fourth-order valence-corrected chi connectivity index (χ4v) is 2.61. The summed E-state index contributed by atoms with van der Waals surface area (Å²) in [5, 5.41) is 14.2. The molecular weight excluding hydrogens is 244 g/mol. The molecule has 0 fully saturated rings. The highest BCUT2D eigenvalue weighted by atomic mass is 16.3. The number of aliphatic hydroxyl groups excluding tert-OH is 1. The van der Waals surface area contributed by atoms with Gasteiger partial charge in [0.1, 0.15) is 5.76 Å². The Morgan fingerprint density at radius 2 is 2.00 bits per heavy atom. The number of benzene rings is 2. The molecule has 20 heavy (non-hydrogen) atoms. The van der Waals surface area contributed by atoms with E-state index in [-0.39, 0.29) is 5.76 Å². The van der Waals surface area contributed by atoms with Crippen LogP contribution in [0.25, 0.3) is 29.0 Å². The van der Waals surface area contributed by atoms with E-state index in [0.29, 0.717) is 0 Å². The number of rotatable bonds is 3. The van der Waals surface area contributed by atoms with Gasteiger partial charge >= 0.3 is 0 Å². The van der Waals surface area contributed by atoms with E-state index in [1.165, 1.54) is 0 Å². The molecule has 0 radical (unpaired) electrons. The van der Waals surface area contributed by atoms with Gasteiger partial charge in [-0.3, -0.25) is 0 Å². The summed E-state index contributed by atoms with van der Waals surface area (Å²) in [5.74, 6) is 0.0917. The zero-order valence-electron chi connectivity index (χ0n) is 12.1. The Morgan fingerprint density at radius 3 is 2.60 bits per heavy atom. The van der Waals surface area contributed by atoms with Gasteiger partial charge in [0.05, 0.1) is 0 Å². The summed E-state index contributed by atoms with van der Waals surface area (Å²) in [6, 6.07) is 10.3. The second-order valence-electron chi connectivity index (χ2n) is 4.81. The molecule has 0 atom stereocenters. The number of hydrogen-bond acceptors (Lipinski definition) is 1. The van der Waals surface area contributed by atoms with Gasteiger partial charge in [-0.25, -0.2) is 0 Å². The SMILES string of the molecule is C=C(O)/C(=C/C)c1/c(=C\CC)ccc2cccc(=C)c12. The molecule has 0 spiro atoms. The van der Waals surface area contributed by atoms with E-state index in [4.69, 9.17) is 0 Å². The van der Waals surface area contributed by atoms with Gasteiger partial charge in [0, 0.05) is 11.1 Å². The first-order valence-corrected chi connectivity index (χ1v) is 6.86. The number of aliphatic hydroxyl groups is 1. The lowest BCUT2D eigenvalue weighted by Crippen LogP contribution is -2.14. The standard InChI is InChI=1S/C19H20O/c1-5-8-15-11-12-16-10-7-9-13(3)18(16)19(15)17(6-2)14(4)20/h6-12,20H,3-5H2,1-2H3/b15-8-,17-6-. The van der Waals surface area contributed by atoms with E-state index < -0.39 is 0 Å². The Kier molecular flexibility index (Phi) is 4.09. The number of allylic oxidation sites excluding steroid dienone is 2. The summed E-state index contributed by atoms with van der Waals surface area (Å²) in [6.07, 6.45) is 5.00. The second-order valence-corrected chi connectivity index (χ2v) is 4.81. The third kappa shape index (κ3) is 2.39. The van der Waals surface area contributed by atoms with Crippen LogP contribution in [0.2, 0.25) is 0 Å². The predicted octanol–water partition coefficient (Wildman–Crippen LogP) is 3.92. The molecule has 0 amide bonds. The van der Waals surface area contributed by atoms with Crippen LogP contribution in [-0.2, 0) is 0 Å². The Balaban J connectivity index is 3.05. The van der Waals surface area contributed by atoms with Crippen molar-refractivity contribution >= 4 is 29.0 Å². The summed E-state index contributed by atoms with van der Waals surface area (Å²) in [5.41, 5.74) is 1.79. The molecule has 0 unspecified atom stereocenters. The molecule has 1 nitrogen and oxygen atoms in total. The lowest BCUT2D eigenvalue weighted by Gasteiger charge is -2.12. The van der Waals surface area contributed by atoms with Gasteiger partial charge in [0.2, 0.25) is 0 Å². The number of fused-ring (bicyclic) bond motifs is 1. The van der Waals surface area contributed by atoms with Crippen LogP contribution in [0, 0.1) is 0 Å². The predicted molar refractivity (Wildman–Crippen MR) is 88.9 cm³/mol. The van der Waals surface area contributed by atoms with Gasteiger partial charge < -0.3 is 5.11 Å². The van der Waals surface area contributed by atoms with E-state index in [1.54, 1.807) is 0 Å². The molecule has 2 aromatic rings. The summed E-state index contributed by atoms with van der Waals surface area (Å²) in [6.45, 7) is 11.8. The zero-order chi connectivity index (χ0) is 14.7. The topological polar surface area (TPSA) is 20.2 Å². The average Bonchev–Trinajstić information content (AvgIpc) is 2.41. The minimum absolute atomic E-state index is 0.0917. The van der Waals surface area contributed by atoms with Crippen LogP contribution in [0.15, 0.2) is 48.7 Å². The Labute approximate surface area is 119 Å². The van der Waals surface area contributed by atoms with Crippen molar-refractivity contribution in [3.63, 3.8) is 0 Å². The van der Waals surface area contributed by atoms with Gasteiger partial charge in [-0.05, 0) is 34.6 Å². The maximum absolute atomic E-state index is 9.91. The molecule has 0 aromatic heterocycles. The normalized spacial score (nSPS) is 12.9. The van der Waals surface area contributed by atoms with E-state index in [0.717, 1.165) is 38.8 Å². The Hall–Kier alpha value is -2.28. The van der Waals surface area contributed by atoms with E-state index in [2.05, 4.69) is 44.4 Å². The molecule has 0 saturated carbocycles. The molecule has 0 saturated heterocycles. The molecule has 1 N–H and O–H groups in total. The number of hydrogen-bond donors (Lipinski definition) is 1. The van der Waals surface area contributed by atoms with Crippen molar-refractivity contribution in [2.75, 3.05) is 0 Å². The maximum Gasteiger partial charge on any atom is 0.115 e. The summed E-state index contributed by atoms with van der Waals surface area (Å²) in [7, 11) is 0. The molecule has 0 bridgehead atoms. The maximum atomic E-state index is 9.91. The first-order valence-electron chi connectivity index (χ1n) is 6.86. The molecule has 0 aliphatic rings. The highest BCUT2D eigenvalue weighted by molar-refractivity contribution is 5.97. The van der Waals surface area contributed by atoms with Crippen LogP contribution >= 0.6 is 0 Å². The fraction of sp³-hybridized carbons (Fsp3) is 0.158. The van der Waals surface area contributed by atoms with Gasteiger partial charge in [0.25, 0.3) is 0 Å². The average molecular weight is 264 g/mol. The zero-order valence-corrected chi connectivity index (χ0v) is 12.1. The van der Waals surface area contributed by atoms with Crippen LogP contribution in [0.4, 0.5) is 0 Å². The third-order valence-corrected chi connectivity index (χ3v) is 3.46. The molecule has 0 heterocycles. The first kappa shape index (κ1) is 14.1. The molecule has 0 aliphatic carbocycles. The van der Waals surface area contributed by atoms with Crippen LogP contribution in [0.1, 0.15) is 25.8 Å². The molecule has 0 aliphatic heterocycles. The summed E-state index contributed by atoms with van der Waals surface area (Å²) >= 11 is 0. The molecule has 2 rings (SSSR count). The monoisotopic (exact) mass is 264 g/mol. The van der Waals surface area contributed by atoms with Crippen LogP contribution in [0.5, 0.6) is 0 Å². The summed E-state index contributed by atoms with van der Waals surface area (Å²) < 4.78 is 0. The van der Waals surface area contributed by atoms with Crippen molar-refractivity contribution in [3.8, 4) is 0 Å². The Bertz CT molecular complexity index is 794. The molecule has 102 valence electrons. The van der Waals surface area contributed by atoms with E-state index in [9.17, 15) is 5.11 Å². The van der Waals surface area contributed by atoms with Crippen LogP contribution in [-0.4, -0.2) is 5.11 Å². The Morgan fingerprint density at radius 1 is 1.25 bits per heavy atom. The largest absolute Gasteiger partial charge is 0.508 e. The second kappa shape index (κ2) is 5.79. The smallest absolute Gasteiger partial charge is 0.115 e. The van der Waals surface area contributed by atoms with Crippen molar-refractivity contribution in [3.05, 3.63) is 64.7 Å². The van der Waals surface area contributed by atoms with Crippen LogP contribution < -0.4 is 10.4 Å². The van der Waals surface area contributed by atoms with Crippen molar-refractivity contribution < 1.29 is 5.11 Å². The summed E-state index contributed by atoms with van der Waals surface area (Å²) in [4.78, 5) is 0. The molecule has 1 heteroatoms.